The SMILES string of the molecule is Cc1ccc2c(c1)CC(C(=O)Nc1ccc(C)c(C)c1)OC2=O. The normalized spacial score (nSPS) is 16.5. The Morgan fingerprint density at radius 2 is 1.87 bits per heavy atom. The van der Waals surface area contributed by atoms with Crippen LogP contribution in [0.5, 0.6) is 0 Å². The Hall–Kier alpha value is -2.62. The number of nitrogens with one attached hydrogen (secondary N) is 1. The molecule has 4 nitrogen and oxygen atoms in total. The van der Waals surface area contributed by atoms with Crippen molar-refractivity contribution in [2.24, 2.45) is 0 Å². The molecule has 1 heterocycles. The van der Waals surface area contributed by atoms with E-state index in [9.17, 15) is 9.59 Å². The van der Waals surface area contributed by atoms with Crippen molar-refractivity contribution in [2.75, 3.05) is 5.32 Å². The molecule has 23 heavy (non-hydrogen) atoms. The molecule has 0 aromatic heterocycles. The Morgan fingerprint density at radius 3 is 2.61 bits per heavy atom. The molecule has 1 amide bonds. The first-order chi connectivity index (χ1) is 10.9. The van der Waals surface area contributed by atoms with Gasteiger partial charge in [-0.1, -0.05) is 23.8 Å². The number of benzene rings is 2. The monoisotopic (exact) mass is 309 g/mol. The molecule has 118 valence electrons. The van der Waals surface area contributed by atoms with Gasteiger partial charge in [0.2, 0.25) is 0 Å². The highest BCUT2D eigenvalue weighted by Gasteiger charge is 2.31. The van der Waals surface area contributed by atoms with E-state index in [2.05, 4.69) is 5.32 Å². The molecule has 1 unspecified atom stereocenters. The summed E-state index contributed by atoms with van der Waals surface area (Å²) in [5, 5.41) is 2.83. The molecule has 1 aliphatic rings. The molecule has 0 bridgehead atoms. The van der Waals surface area contributed by atoms with E-state index in [1.165, 1.54) is 0 Å². The first-order valence-electron chi connectivity index (χ1n) is 7.62. The fourth-order valence-corrected chi connectivity index (χ4v) is 2.71. The van der Waals surface area contributed by atoms with E-state index in [1.54, 1.807) is 6.07 Å². The van der Waals surface area contributed by atoms with Crippen LogP contribution in [0.2, 0.25) is 0 Å². The summed E-state index contributed by atoms with van der Waals surface area (Å²) in [7, 11) is 0. The number of rotatable bonds is 2. The highest BCUT2D eigenvalue weighted by molar-refractivity contribution is 6.00. The van der Waals surface area contributed by atoms with Gasteiger partial charge < -0.3 is 10.1 Å². The number of anilines is 1. The molecule has 4 heteroatoms. The van der Waals surface area contributed by atoms with Crippen LogP contribution in [-0.2, 0) is 16.0 Å². The standard InChI is InChI=1S/C19H19NO3/c1-11-4-7-16-14(8-11)10-17(23-19(16)22)18(21)20-15-6-5-12(2)13(3)9-15/h4-9,17H,10H2,1-3H3,(H,20,21). The highest BCUT2D eigenvalue weighted by Crippen LogP contribution is 2.23. The minimum absolute atomic E-state index is 0.297. The zero-order valence-corrected chi connectivity index (χ0v) is 13.5. The van der Waals surface area contributed by atoms with Gasteiger partial charge in [-0.15, -0.1) is 0 Å². The fraction of sp³-hybridized carbons (Fsp3) is 0.263. The summed E-state index contributed by atoms with van der Waals surface area (Å²) in [6.45, 7) is 5.97. The van der Waals surface area contributed by atoms with Crippen LogP contribution in [-0.4, -0.2) is 18.0 Å². The van der Waals surface area contributed by atoms with Crippen LogP contribution in [0.3, 0.4) is 0 Å². The van der Waals surface area contributed by atoms with Crippen LogP contribution in [0.4, 0.5) is 5.69 Å². The number of esters is 1. The summed E-state index contributed by atoms with van der Waals surface area (Å²) in [4.78, 5) is 24.5. The van der Waals surface area contributed by atoms with Gasteiger partial charge in [0.05, 0.1) is 5.56 Å². The van der Waals surface area contributed by atoms with Crippen LogP contribution in [0, 0.1) is 20.8 Å². The summed E-state index contributed by atoms with van der Waals surface area (Å²) < 4.78 is 5.29. The largest absolute Gasteiger partial charge is 0.448 e. The van der Waals surface area contributed by atoms with E-state index in [4.69, 9.17) is 4.74 Å². The van der Waals surface area contributed by atoms with Crippen LogP contribution < -0.4 is 5.32 Å². The first-order valence-corrected chi connectivity index (χ1v) is 7.62. The van der Waals surface area contributed by atoms with E-state index in [1.807, 2.05) is 51.1 Å². The lowest BCUT2D eigenvalue weighted by molar-refractivity contribution is -0.125. The third kappa shape index (κ3) is 3.11. The molecule has 0 saturated carbocycles. The lowest BCUT2D eigenvalue weighted by Crippen LogP contribution is -2.38. The van der Waals surface area contributed by atoms with E-state index in [0.717, 1.165) is 22.3 Å². The summed E-state index contributed by atoms with van der Waals surface area (Å²) in [6.07, 6.45) is -0.391. The van der Waals surface area contributed by atoms with E-state index in [0.29, 0.717) is 17.7 Å². The predicted octanol–water partition coefficient (Wildman–Crippen LogP) is 3.33. The minimum atomic E-state index is -0.793. The highest BCUT2D eigenvalue weighted by atomic mass is 16.5. The molecule has 1 atom stereocenters. The smallest absolute Gasteiger partial charge is 0.339 e. The molecule has 0 fully saturated rings. The minimum Gasteiger partial charge on any atom is -0.448 e. The van der Waals surface area contributed by atoms with Crippen molar-refractivity contribution in [1.29, 1.82) is 0 Å². The molecule has 0 aliphatic carbocycles. The third-order valence-electron chi connectivity index (χ3n) is 4.20. The van der Waals surface area contributed by atoms with E-state index in [-0.39, 0.29) is 5.91 Å². The van der Waals surface area contributed by atoms with Crippen molar-refractivity contribution >= 4 is 17.6 Å². The van der Waals surface area contributed by atoms with Gasteiger partial charge in [0, 0.05) is 12.1 Å². The Balaban J connectivity index is 1.78. The maximum Gasteiger partial charge on any atom is 0.339 e. The van der Waals surface area contributed by atoms with Gasteiger partial charge in [0.15, 0.2) is 6.10 Å². The molecular formula is C19H19NO3. The number of hydrogen-bond donors (Lipinski definition) is 1. The quantitative estimate of drug-likeness (QED) is 0.866. The number of hydrogen-bond acceptors (Lipinski definition) is 3. The molecular weight excluding hydrogens is 290 g/mol. The van der Waals surface area contributed by atoms with Crippen molar-refractivity contribution in [1.82, 2.24) is 0 Å². The number of ether oxygens (including phenoxy) is 1. The Morgan fingerprint density at radius 1 is 1.09 bits per heavy atom. The number of fused-ring (bicyclic) bond motifs is 1. The maximum atomic E-state index is 12.4. The zero-order valence-electron chi connectivity index (χ0n) is 13.5. The summed E-state index contributed by atoms with van der Waals surface area (Å²) in [6, 6.07) is 11.3. The van der Waals surface area contributed by atoms with Crippen molar-refractivity contribution in [3.63, 3.8) is 0 Å². The number of carbonyl (C=O) groups is 2. The van der Waals surface area contributed by atoms with Crippen molar-refractivity contribution in [2.45, 2.75) is 33.3 Å². The summed E-state index contributed by atoms with van der Waals surface area (Å²) in [5.41, 5.74) is 5.45. The topological polar surface area (TPSA) is 55.4 Å². The van der Waals surface area contributed by atoms with Crippen LogP contribution in [0.1, 0.15) is 32.6 Å². The second-order valence-electron chi connectivity index (χ2n) is 6.05. The molecule has 0 saturated heterocycles. The van der Waals surface area contributed by atoms with Gasteiger partial charge in [-0.25, -0.2) is 4.79 Å². The van der Waals surface area contributed by atoms with Gasteiger partial charge in [-0.2, -0.15) is 0 Å². The van der Waals surface area contributed by atoms with Crippen LogP contribution in [0.15, 0.2) is 36.4 Å². The fourth-order valence-electron chi connectivity index (χ4n) is 2.71. The van der Waals surface area contributed by atoms with E-state index >= 15 is 0 Å². The molecule has 2 aromatic rings. The summed E-state index contributed by atoms with van der Waals surface area (Å²) in [5.74, 6) is -0.736. The Bertz CT molecular complexity index is 795. The van der Waals surface area contributed by atoms with Gasteiger partial charge in [0.25, 0.3) is 5.91 Å². The average molecular weight is 309 g/mol. The summed E-state index contributed by atoms with van der Waals surface area (Å²) >= 11 is 0. The second kappa shape index (κ2) is 5.88. The van der Waals surface area contributed by atoms with E-state index < -0.39 is 12.1 Å². The number of cyclic esters (lactones) is 1. The molecule has 3 rings (SSSR count). The lowest BCUT2D eigenvalue weighted by atomic mass is 9.96. The van der Waals surface area contributed by atoms with Crippen molar-refractivity contribution in [3.05, 3.63) is 64.2 Å². The van der Waals surface area contributed by atoms with Crippen LogP contribution in [0.25, 0.3) is 0 Å². The average Bonchev–Trinajstić information content (AvgIpc) is 2.50. The molecule has 0 radical (unpaired) electrons. The Kier molecular flexibility index (Phi) is 3.90. The molecule has 0 spiro atoms. The van der Waals surface area contributed by atoms with Gasteiger partial charge >= 0.3 is 5.97 Å². The predicted molar refractivity (Wildman–Crippen MR) is 88.6 cm³/mol. The van der Waals surface area contributed by atoms with Gasteiger partial charge in [0.1, 0.15) is 0 Å². The number of carbonyl (C=O) groups excluding carboxylic acids is 2. The number of amides is 1. The van der Waals surface area contributed by atoms with Crippen molar-refractivity contribution in [3.8, 4) is 0 Å². The first kappa shape index (κ1) is 15.3. The van der Waals surface area contributed by atoms with Gasteiger partial charge in [-0.3, -0.25) is 4.79 Å². The zero-order chi connectivity index (χ0) is 16.6. The van der Waals surface area contributed by atoms with Gasteiger partial charge in [-0.05, 0) is 55.7 Å². The molecule has 1 aliphatic heterocycles. The molecule has 1 N–H and O–H groups in total. The second-order valence-corrected chi connectivity index (χ2v) is 6.05. The Labute approximate surface area is 135 Å². The molecule has 2 aromatic carbocycles. The maximum absolute atomic E-state index is 12.4. The lowest BCUT2D eigenvalue weighted by Gasteiger charge is -2.24. The number of aryl methyl sites for hydroxylation is 3. The van der Waals surface area contributed by atoms with Crippen LogP contribution >= 0.6 is 0 Å². The van der Waals surface area contributed by atoms with Crippen molar-refractivity contribution < 1.29 is 14.3 Å². The third-order valence-corrected chi connectivity index (χ3v) is 4.20.